The van der Waals surface area contributed by atoms with Crippen LogP contribution < -0.4 is 28.4 Å². The van der Waals surface area contributed by atoms with Gasteiger partial charge in [0, 0.05) is 31.1 Å². The standard InChI is InChI=1S/C33H37N3O7/c1-3-4-15-36(24-8-6-14-34(2)17-24)30(37)19-35-18-25(23-11-13-27-29(16-23)42-20-40-27)31(33(38)39)26(35)12-10-22-7-5-9-28-32(22)43-21-41-28/h5-9,11,13-14,16-17,25-26,31H,3-4,10,12,15,18-21H2,1-2H3/p+1/t25-,26+,31-/m1/s1. The van der Waals surface area contributed by atoms with E-state index in [1.165, 1.54) is 0 Å². The van der Waals surface area contributed by atoms with Gasteiger partial charge in [-0.05, 0) is 54.7 Å². The van der Waals surface area contributed by atoms with Gasteiger partial charge in [0.05, 0.1) is 12.5 Å². The lowest BCUT2D eigenvalue weighted by Crippen LogP contribution is -2.45. The van der Waals surface area contributed by atoms with Gasteiger partial charge < -0.3 is 29.0 Å². The summed E-state index contributed by atoms with van der Waals surface area (Å²) in [6, 6.07) is 14.9. The van der Waals surface area contributed by atoms with E-state index in [0.29, 0.717) is 48.9 Å². The Labute approximate surface area is 251 Å². The Hall–Kier alpha value is -4.31. The molecular formula is C33H38N3O7+. The highest BCUT2D eigenvalue weighted by Gasteiger charge is 2.47. The second kappa shape index (κ2) is 12.5. The maximum Gasteiger partial charge on any atom is 0.308 e. The second-order valence-corrected chi connectivity index (χ2v) is 11.4. The molecule has 0 saturated carbocycles. The number of carboxylic acids is 1. The average Bonchev–Trinajstić information content (AvgIpc) is 3.74. The van der Waals surface area contributed by atoms with E-state index in [1.807, 2.05) is 77.4 Å². The number of hydrogen-bond acceptors (Lipinski definition) is 7. The first-order valence-corrected chi connectivity index (χ1v) is 14.9. The highest BCUT2D eigenvalue weighted by molar-refractivity contribution is 5.94. The third-order valence-electron chi connectivity index (χ3n) is 8.66. The number of benzene rings is 2. The van der Waals surface area contributed by atoms with Crippen molar-refractivity contribution >= 4 is 17.6 Å². The highest BCUT2D eigenvalue weighted by atomic mass is 16.7. The molecule has 4 heterocycles. The van der Waals surface area contributed by atoms with Crippen LogP contribution in [0.15, 0.2) is 60.9 Å². The van der Waals surface area contributed by atoms with Crippen molar-refractivity contribution in [1.29, 1.82) is 0 Å². The van der Waals surface area contributed by atoms with Gasteiger partial charge in [-0.25, -0.2) is 4.57 Å². The number of aromatic nitrogens is 1. The summed E-state index contributed by atoms with van der Waals surface area (Å²) in [5.74, 6) is 0.713. The molecule has 0 spiro atoms. The Morgan fingerprint density at radius 2 is 1.84 bits per heavy atom. The van der Waals surface area contributed by atoms with Gasteiger partial charge in [-0.2, -0.15) is 0 Å². The predicted molar refractivity (Wildman–Crippen MR) is 158 cm³/mol. The van der Waals surface area contributed by atoms with Gasteiger partial charge in [0.25, 0.3) is 0 Å². The molecule has 226 valence electrons. The van der Waals surface area contributed by atoms with Crippen LogP contribution in [-0.4, -0.2) is 61.1 Å². The van der Waals surface area contributed by atoms with E-state index in [-0.39, 0.29) is 38.0 Å². The predicted octanol–water partition coefficient (Wildman–Crippen LogP) is 3.90. The number of likely N-dealkylation sites (tertiary alicyclic amines) is 1. The monoisotopic (exact) mass is 588 g/mol. The number of nitrogens with zero attached hydrogens (tertiary/aromatic N) is 3. The normalized spacial score (nSPS) is 20.4. The molecule has 3 aliphatic heterocycles. The van der Waals surface area contributed by atoms with Crippen LogP contribution in [0.5, 0.6) is 23.0 Å². The molecule has 0 bridgehead atoms. The third kappa shape index (κ3) is 5.97. The molecule has 3 atom stereocenters. The first-order chi connectivity index (χ1) is 20.9. The number of rotatable bonds is 11. The lowest BCUT2D eigenvalue weighted by atomic mass is 9.83. The number of anilines is 1. The van der Waals surface area contributed by atoms with Crippen molar-refractivity contribution in [3.05, 3.63) is 72.1 Å². The molecular weight excluding hydrogens is 550 g/mol. The molecule has 10 nitrogen and oxygen atoms in total. The fourth-order valence-electron chi connectivity index (χ4n) is 6.53. The number of unbranched alkanes of at least 4 members (excludes halogenated alkanes) is 1. The number of para-hydroxylation sites is 1. The number of carbonyl (C=O) groups is 2. The van der Waals surface area contributed by atoms with E-state index in [9.17, 15) is 14.7 Å². The number of fused-ring (bicyclic) bond motifs is 2. The van der Waals surface area contributed by atoms with Crippen LogP contribution in [0.1, 0.15) is 43.2 Å². The van der Waals surface area contributed by atoms with Crippen LogP contribution >= 0.6 is 0 Å². The van der Waals surface area contributed by atoms with E-state index in [4.69, 9.17) is 18.9 Å². The molecule has 1 fully saturated rings. The summed E-state index contributed by atoms with van der Waals surface area (Å²) in [5.41, 5.74) is 2.67. The average molecular weight is 589 g/mol. The Morgan fingerprint density at radius 1 is 1.02 bits per heavy atom. The van der Waals surface area contributed by atoms with Gasteiger partial charge in [-0.3, -0.25) is 14.5 Å². The molecule has 6 rings (SSSR count). The lowest BCUT2D eigenvalue weighted by molar-refractivity contribution is -0.670. The maximum atomic E-state index is 14.0. The molecule has 1 aromatic heterocycles. The van der Waals surface area contributed by atoms with Gasteiger partial charge >= 0.3 is 5.97 Å². The molecule has 3 aromatic rings. The number of amides is 1. The van der Waals surface area contributed by atoms with Crippen molar-refractivity contribution in [2.45, 2.75) is 44.6 Å². The molecule has 1 N–H and O–H groups in total. The Morgan fingerprint density at radius 3 is 2.65 bits per heavy atom. The Balaban J connectivity index is 1.30. The molecule has 3 aliphatic rings. The van der Waals surface area contributed by atoms with Crippen molar-refractivity contribution in [3.63, 3.8) is 0 Å². The van der Waals surface area contributed by atoms with Gasteiger partial charge in [0.2, 0.25) is 19.5 Å². The molecule has 2 aromatic carbocycles. The highest BCUT2D eigenvalue weighted by Crippen LogP contribution is 2.44. The van der Waals surface area contributed by atoms with Crippen LogP contribution in [0.3, 0.4) is 0 Å². The van der Waals surface area contributed by atoms with Gasteiger partial charge in [-0.15, -0.1) is 0 Å². The van der Waals surface area contributed by atoms with Crippen LogP contribution in [0.25, 0.3) is 0 Å². The van der Waals surface area contributed by atoms with E-state index < -0.39 is 11.9 Å². The molecule has 0 unspecified atom stereocenters. The largest absolute Gasteiger partial charge is 0.481 e. The first-order valence-electron chi connectivity index (χ1n) is 14.9. The smallest absolute Gasteiger partial charge is 0.308 e. The van der Waals surface area contributed by atoms with Crippen LogP contribution in [0.4, 0.5) is 5.69 Å². The van der Waals surface area contributed by atoms with Crippen molar-refractivity contribution in [3.8, 4) is 23.0 Å². The van der Waals surface area contributed by atoms with Crippen molar-refractivity contribution in [2.75, 3.05) is 38.1 Å². The minimum atomic E-state index is -0.876. The topological polar surface area (TPSA) is 102 Å². The minimum absolute atomic E-state index is 0.0440. The van der Waals surface area contributed by atoms with Gasteiger partial charge in [-0.1, -0.05) is 31.5 Å². The zero-order valence-corrected chi connectivity index (χ0v) is 24.6. The SMILES string of the molecule is CCCCN(C(=O)CN1C[C@H](c2ccc3c(c2)OCO3)[C@@H](C(=O)O)[C@@H]1CCc1cccc2c1OCO2)c1ccc[n+](C)c1. The minimum Gasteiger partial charge on any atom is -0.481 e. The Kier molecular flexibility index (Phi) is 8.38. The summed E-state index contributed by atoms with van der Waals surface area (Å²) >= 11 is 0. The van der Waals surface area contributed by atoms with Crippen LogP contribution in [0, 0.1) is 5.92 Å². The van der Waals surface area contributed by atoms with Gasteiger partial charge in [0.15, 0.2) is 35.4 Å². The number of pyridine rings is 1. The van der Waals surface area contributed by atoms with Crippen molar-refractivity contribution in [1.82, 2.24) is 4.90 Å². The van der Waals surface area contributed by atoms with Crippen LogP contribution in [0.2, 0.25) is 0 Å². The summed E-state index contributed by atoms with van der Waals surface area (Å²) < 4.78 is 24.3. The second-order valence-electron chi connectivity index (χ2n) is 11.4. The number of ether oxygens (including phenoxy) is 4. The zero-order chi connectivity index (χ0) is 29.9. The molecule has 0 radical (unpaired) electrons. The molecule has 1 amide bonds. The van der Waals surface area contributed by atoms with E-state index >= 15 is 0 Å². The fraction of sp³-hybridized carbons (Fsp3) is 0.424. The summed E-state index contributed by atoms with van der Waals surface area (Å²) in [6.07, 6.45) is 6.84. The summed E-state index contributed by atoms with van der Waals surface area (Å²) in [5, 5.41) is 10.6. The molecule has 1 saturated heterocycles. The number of aryl methyl sites for hydroxylation is 2. The zero-order valence-electron chi connectivity index (χ0n) is 24.6. The van der Waals surface area contributed by atoms with Gasteiger partial charge in [0.1, 0.15) is 12.7 Å². The number of aliphatic carboxylic acids is 1. The van der Waals surface area contributed by atoms with Crippen LogP contribution in [-0.2, 0) is 23.1 Å². The number of hydrogen-bond donors (Lipinski definition) is 1. The van der Waals surface area contributed by atoms with E-state index in [0.717, 1.165) is 29.7 Å². The Bertz CT molecular complexity index is 1500. The van der Waals surface area contributed by atoms with Crippen molar-refractivity contribution in [2.24, 2.45) is 13.0 Å². The van der Waals surface area contributed by atoms with E-state index in [1.54, 1.807) is 0 Å². The summed E-state index contributed by atoms with van der Waals surface area (Å²) in [7, 11) is 1.94. The molecule has 43 heavy (non-hydrogen) atoms. The summed E-state index contributed by atoms with van der Waals surface area (Å²) in [4.78, 5) is 30.9. The fourth-order valence-corrected chi connectivity index (χ4v) is 6.53. The van der Waals surface area contributed by atoms with E-state index in [2.05, 4.69) is 11.8 Å². The molecule has 10 heteroatoms. The third-order valence-corrected chi connectivity index (χ3v) is 8.66. The number of carbonyl (C=O) groups excluding carboxylic acids is 1. The first kappa shape index (κ1) is 28.8. The lowest BCUT2D eigenvalue weighted by Gasteiger charge is -2.29. The molecule has 0 aliphatic carbocycles. The summed E-state index contributed by atoms with van der Waals surface area (Å²) in [6.45, 7) is 3.57. The van der Waals surface area contributed by atoms with Crippen molar-refractivity contribution < 1.29 is 38.2 Å². The number of carboxylic acid groups (broad SMARTS) is 1. The maximum absolute atomic E-state index is 14.0. The quantitative estimate of drug-likeness (QED) is 0.337.